The number of unbranched alkanes of at least 4 members (excludes halogenated alkanes) is 24. The van der Waals surface area contributed by atoms with Crippen LogP contribution in [0.25, 0.3) is 0 Å². The van der Waals surface area contributed by atoms with E-state index in [-0.39, 0.29) is 12.5 Å². The Kier molecular flexibility index (Phi) is 30.6. The summed E-state index contributed by atoms with van der Waals surface area (Å²) in [6.07, 6.45) is 28.2. The van der Waals surface area contributed by atoms with Gasteiger partial charge in [-0.2, -0.15) is 0 Å². The first-order valence-electron chi connectivity index (χ1n) is 20.9. The van der Waals surface area contributed by atoms with Crippen molar-refractivity contribution in [1.29, 1.82) is 0 Å². The van der Waals surface area contributed by atoms with E-state index < -0.39 is 49.5 Å². The summed E-state index contributed by atoms with van der Waals surface area (Å²) >= 11 is 0. The van der Waals surface area contributed by atoms with Crippen molar-refractivity contribution in [3.8, 4) is 0 Å². The molecule has 1 fully saturated rings. The zero-order chi connectivity index (χ0) is 36.7. The minimum atomic E-state index is -1.56. The number of rotatable bonds is 34. The predicted octanol–water partition coefficient (Wildman–Crippen LogP) is 7.78. The van der Waals surface area contributed by atoms with Gasteiger partial charge in [-0.1, -0.05) is 174 Å². The Bertz CT molecular complexity index is 797. The van der Waals surface area contributed by atoms with Gasteiger partial charge in [-0.05, 0) is 19.3 Å². The quantitative estimate of drug-likeness (QED) is 0.0293. The van der Waals surface area contributed by atoms with Crippen LogP contribution in [-0.2, 0) is 14.3 Å². The van der Waals surface area contributed by atoms with Crippen molar-refractivity contribution < 1.29 is 39.8 Å². The van der Waals surface area contributed by atoms with E-state index in [9.17, 15) is 30.3 Å². The molecule has 0 saturated carbocycles. The number of carbonyl (C=O) groups excluding carboxylic acids is 1. The van der Waals surface area contributed by atoms with E-state index in [1.807, 2.05) is 6.08 Å². The Balaban J connectivity index is 2.40. The van der Waals surface area contributed by atoms with Gasteiger partial charge in [0.15, 0.2) is 6.29 Å². The van der Waals surface area contributed by atoms with Crippen molar-refractivity contribution in [1.82, 2.24) is 5.32 Å². The molecule has 0 aromatic heterocycles. The third-order valence-corrected chi connectivity index (χ3v) is 10.1. The van der Waals surface area contributed by atoms with E-state index in [0.29, 0.717) is 6.42 Å². The van der Waals surface area contributed by atoms with Crippen LogP contribution in [0.1, 0.15) is 187 Å². The normalized spacial score (nSPS) is 22.3. The van der Waals surface area contributed by atoms with Crippen molar-refractivity contribution in [3.05, 3.63) is 12.2 Å². The lowest BCUT2D eigenvalue weighted by atomic mass is 9.99. The van der Waals surface area contributed by atoms with Crippen LogP contribution in [-0.4, -0.2) is 87.5 Å². The van der Waals surface area contributed by atoms with Gasteiger partial charge in [-0.3, -0.25) is 4.79 Å². The number of aliphatic hydroxyl groups excluding tert-OH is 5. The topological polar surface area (TPSA) is 149 Å². The molecule has 0 aromatic carbocycles. The van der Waals surface area contributed by atoms with Crippen LogP contribution >= 0.6 is 0 Å². The molecule has 0 bridgehead atoms. The van der Waals surface area contributed by atoms with E-state index in [4.69, 9.17) is 9.47 Å². The smallest absolute Gasteiger partial charge is 0.220 e. The monoisotopic (exact) mass is 714 g/mol. The third-order valence-electron chi connectivity index (χ3n) is 10.1. The number of carbonyl (C=O) groups is 1. The van der Waals surface area contributed by atoms with Crippen LogP contribution in [0.5, 0.6) is 0 Å². The Morgan fingerprint density at radius 3 is 1.56 bits per heavy atom. The first-order valence-corrected chi connectivity index (χ1v) is 20.9. The van der Waals surface area contributed by atoms with Crippen molar-refractivity contribution in [3.63, 3.8) is 0 Å². The highest BCUT2D eigenvalue weighted by atomic mass is 16.7. The van der Waals surface area contributed by atoms with Gasteiger partial charge in [0.05, 0.1) is 25.4 Å². The van der Waals surface area contributed by atoms with Gasteiger partial charge < -0.3 is 40.3 Å². The number of amides is 1. The molecule has 0 aliphatic carbocycles. The summed E-state index contributed by atoms with van der Waals surface area (Å²) in [6.45, 7) is 3.76. The number of aliphatic hydroxyl groups is 5. The van der Waals surface area contributed by atoms with Crippen molar-refractivity contribution in [2.45, 2.75) is 230 Å². The fourth-order valence-corrected chi connectivity index (χ4v) is 6.68. The first-order chi connectivity index (χ1) is 24.3. The molecule has 1 saturated heterocycles. The highest BCUT2D eigenvalue weighted by Crippen LogP contribution is 2.22. The minimum Gasteiger partial charge on any atom is -0.394 e. The SMILES string of the molecule is CCCCCCCCCCCC/C=C/C(O)C(COC1OC(CO)C(O)C(O)C1O)NC(=O)CCCCCCCCCCCCCCCCC. The summed E-state index contributed by atoms with van der Waals surface area (Å²) in [5.74, 6) is -0.177. The molecule has 296 valence electrons. The molecule has 1 aliphatic heterocycles. The molecule has 1 aliphatic rings. The molecule has 9 nitrogen and oxygen atoms in total. The van der Waals surface area contributed by atoms with Gasteiger partial charge in [0.2, 0.25) is 5.91 Å². The van der Waals surface area contributed by atoms with E-state index in [0.717, 1.165) is 38.5 Å². The van der Waals surface area contributed by atoms with Crippen LogP contribution in [0.3, 0.4) is 0 Å². The lowest BCUT2D eigenvalue weighted by Crippen LogP contribution is -2.60. The molecule has 1 amide bonds. The second-order valence-electron chi connectivity index (χ2n) is 14.8. The van der Waals surface area contributed by atoms with Gasteiger partial charge in [-0.15, -0.1) is 0 Å². The maximum Gasteiger partial charge on any atom is 0.220 e. The molecule has 50 heavy (non-hydrogen) atoms. The van der Waals surface area contributed by atoms with Gasteiger partial charge in [-0.25, -0.2) is 0 Å². The fourth-order valence-electron chi connectivity index (χ4n) is 6.68. The molecule has 1 heterocycles. The van der Waals surface area contributed by atoms with Gasteiger partial charge in [0.25, 0.3) is 0 Å². The largest absolute Gasteiger partial charge is 0.394 e. The molecule has 7 unspecified atom stereocenters. The molecule has 0 aromatic rings. The highest BCUT2D eigenvalue weighted by molar-refractivity contribution is 5.76. The molecule has 0 spiro atoms. The zero-order valence-electron chi connectivity index (χ0n) is 32.2. The van der Waals surface area contributed by atoms with Crippen LogP contribution in [0, 0.1) is 0 Å². The number of hydrogen-bond acceptors (Lipinski definition) is 8. The Labute approximate surface area is 306 Å². The van der Waals surface area contributed by atoms with E-state index in [2.05, 4.69) is 19.2 Å². The van der Waals surface area contributed by atoms with Crippen LogP contribution in [0.2, 0.25) is 0 Å². The Morgan fingerprint density at radius 1 is 0.660 bits per heavy atom. The molecule has 0 radical (unpaired) electrons. The lowest BCUT2D eigenvalue weighted by molar-refractivity contribution is -0.302. The summed E-state index contributed by atoms with van der Waals surface area (Å²) in [5, 5.41) is 54.0. The maximum absolute atomic E-state index is 12.9. The van der Waals surface area contributed by atoms with Gasteiger partial charge >= 0.3 is 0 Å². The highest BCUT2D eigenvalue weighted by Gasteiger charge is 2.44. The average molecular weight is 714 g/mol. The molecule has 9 heteroatoms. The third kappa shape index (κ3) is 23.5. The maximum atomic E-state index is 12.9. The summed E-state index contributed by atoms with van der Waals surface area (Å²) in [6, 6.07) is -0.796. The van der Waals surface area contributed by atoms with E-state index in [1.54, 1.807) is 6.08 Å². The number of hydrogen-bond donors (Lipinski definition) is 6. The van der Waals surface area contributed by atoms with Crippen LogP contribution in [0.15, 0.2) is 12.2 Å². The minimum absolute atomic E-state index is 0.177. The van der Waals surface area contributed by atoms with Crippen LogP contribution < -0.4 is 5.32 Å². The summed E-state index contributed by atoms with van der Waals surface area (Å²) in [4.78, 5) is 12.9. The Morgan fingerprint density at radius 2 is 1.10 bits per heavy atom. The van der Waals surface area contributed by atoms with Crippen molar-refractivity contribution in [2.75, 3.05) is 13.2 Å². The number of ether oxygens (including phenoxy) is 2. The Hall–Kier alpha value is -1.07. The molecular weight excluding hydrogens is 634 g/mol. The molecule has 6 N–H and O–H groups in total. The standard InChI is InChI=1S/C41H79NO8/c1-3-5-7-9-11-13-15-17-18-19-21-23-25-27-29-31-37(45)42-34(33-49-41-40(48)39(47)38(46)36(32-43)50-41)35(44)30-28-26-24-22-20-16-14-12-10-8-6-4-2/h28,30,34-36,38-41,43-44,46-48H,3-27,29,31-33H2,1-2H3,(H,42,45)/b30-28+. The molecule has 7 atom stereocenters. The van der Waals surface area contributed by atoms with Crippen molar-refractivity contribution in [2.24, 2.45) is 0 Å². The van der Waals surface area contributed by atoms with Gasteiger partial charge in [0, 0.05) is 6.42 Å². The van der Waals surface area contributed by atoms with E-state index in [1.165, 1.54) is 128 Å². The lowest BCUT2D eigenvalue weighted by Gasteiger charge is -2.40. The number of nitrogens with one attached hydrogen (secondary N) is 1. The summed E-state index contributed by atoms with van der Waals surface area (Å²) in [7, 11) is 0. The molecule has 1 rings (SSSR count). The van der Waals surface area contributed by atoms with E-state index >= 15 is 0 Å². The second kappa shape index (κ2) is 32.6. The first kappa shape index (κ1) is 47.0. The van der Waals surface area contributed by atoms with Crippen LogP contribution in [0.4, 0.5) is 0 Å². The average Bonchev–Trinajstić information content (AvgIpc) is 3.11. The predicted molar refractivity (Wildman–Crippen MR) is 203 cm³/mol. The summed E-state index contributed by atoms with van der Waals surface area (Å²) in [5.41, 5.74) is 0. The van der Waals surface area contributed by atoms with Crippen molar-refractivity contribution >= 4 is 5.91 Å². The second-order valence-corrected chi connectivity index (χ2v) is 14.8. The number of allylic oxidation sites excluding steroid dienone is 1. The summed E-state index contributed by atoms with van der Waals surface area (Å²) < 4.78 is 11.2. The zero-order valence-corrected chi connectivity index (χ0v) is 32.2. The van der Waals surface area contributed by atoms with Gasteiger partial charge in [0.1, 0.15) is 24.4 Å². The fraction of sp³-hybridized carbons (Fsp3) is 0.927. The molecular formula is C41H79NO8.